The van der Waals surface area contributed by atoms with Gasteiger partial charge in [0.2, 0.25) is 0 Å². The van der Waals surface area contributed by atoms with Crippen molar-refractivity contribution >= 4 is 23.1 Å². The Kier molecular flexibility index (Phi) is 5.07. The van der Waals surface area contributed by atoms with Gasteiger partial charge in [0.1, 0.15) is 30.9 Å². The fourth-order valence-corrected chi connectivity index (χ4v) is 2.52. The molecule has 0 fully saturated rings. The zero-order valence-corrected chi connectivity index (χ0v) is 14.2. The molecule has 0 unspecified atom stereocenters. The summed E-state index contributed by atoms with van der Waals surface area (Å²) in [5.74, 6) is 0.684. The Hall–Kier alpha value is -3.48. The number of benzene rings is 2. The summed E-state index contributed by atoms with van der Waals surface area (Å²) in [6.45, 7) is 0.787. The Balaban J connectivity index is 2.05. The molecule has 1 aliphatic heterocycles. The van der Waals surface area contributed by atoms with Crippen LogP contribution >= 0.6 is 11.6 Å². The molecule has 0 saturated carbocycles. The molecule has 0 aromatic heterocycles. The first-order chi connectivity index (χ1) is 12.6. The van der Waals surface area contributed by atoms with Crippen molar-refractivity contribution in [2.24, 2.45) is 0 Å². The van der Waals surface area contributed by atoms with Gasteiger partial charge in [-0.25, -0.2) is 0 Å². The number of allylic oxidation sites excluding steroid dienone is 1. The molecule has 7 heteroatoms. The van der Waals surface area contributed by atoms with E-state index in [1.165, 1.54) is 6.20 Å². The van der Waals surface area contributed by atoms with Crippen molar-refractivity contribution in [3.05, 3.63) is 64.3 Å². The quantitative estimate of drug-likeness (QED) is 0.655. The van der Waals surface area contributed by atoms with Gasteiger partial charge >= 0.3 is 0 Å². The van der Waals surface area contributed by atoms with Crippen LogP contribution < -0.4 is 14.8 Å². The largest absolute Gasteiger partial charge is 0.486 e. The summed E-state index contributed by atoms with van der Waals surface area (Å²) < 4.78 is 11.1. The average Bonchev–Trinajstić information content (AvgIpc) is 2.68. The normalized spacial score (nSPS) is 11.7. The number of fused-ring (bicyclic) bond motifs is 1. The Morgan fingerprint density at radius 2 is 1.69 bits per heavy atom. The Bertz CT molecular complexity index is 953. The predicted molar refractivity (Wildman–Crippen MR) is 95.2 cm³/mol. The number of ether oxygens (including phenoxy) is 2. The number of hydrogen-bond donors (Lipinski definition) is 1. The van der Waals surface area contributed by atoms with Crippen LogP contribution in [0.1, 0.15) is 15.9 Å². The standard InChI is InChI=1S/C19H12ClN3O3/c20-14-3-1-13(2-4-14)19(24)15-7-17-18(26-6-5-25-17)8-16(15)23-11-12(9-21)10-22/h1-4,7-8,11,23H,5-6H2. The summed E-state index contributed by atoms with van der Waals surface area (Å²) in [4.78, 5) is 12.9. The summed E-state index contributed by atoms with van der Waals surface area (Å²) >= 11 is 5.88. The molecule has 0 radical (unpaired) electrons. The number of nitrogens with one attached hydrogen (secondary N) is 1. The second-order valence-electron chi connectivity index (χ2n) is 5.30. The van der Waals surface area contributed by atoms with E-state index < -0.39 is 0 Å². The Morgan fingerprint density at radius 1 is 1.08 bits per heavy atom. The van der Waals surface area contributed by atoms with Gasteiger partial charge in [-0.15, -0.1) is 0 Å². The molecular formula is C19H12ClN3O3. The lowest BCUT2D eigenvalue weighted by atomic mass is 10.0. The molecule has 1 N–H and O–H groups in total. The van der Waals surface area contributed by atoms with Crippen molar-refractivity contribution in [1.29, 1.82) is 10.5 Å². The minimum absolute atomic E-state index is 0.121. The summed E-state index contributed by atoms with van der Waals surface area (Å²) in [6.07, 6.45) is 1.24. The third-order valence-electron chi connectivity index (χ3n) is 3.65. The number of rotatable bonds is 4. The van der Waals surface area contributed by atoms with Crippen LogP contribution in [0, 0.1) is 22.7 Å². The molecule has 0 bridgehead atoms. The number of ketones is 1. The minimum atomic E-state index is -0.259. The number of nitriles is 2. The molecule has 0 amide bonds. The monoisotopic (exact) mass is 365 g/mol. The van der Waals surface area contributed by atoms with Gasteiger partial charge in [-0.2, -0.15) is 10.5 Å². The molecule has 128 valence electrons. The van der Waals surface area contributed by atoms with Crippen molar-refractivity contribution in [1.82, 2.24) is 0 Å². The van der Waals surface area contributed by atoms with Crippen LogP contribution in [0.2, 0.25) is 5.02 Å². The molecule has 3 rings (SSSR count). The minimum Gasteiger partial charge on any atom is -0.486 e. The molecule has 1 aliphatic rings. The topological polar surface area (TPSA) is 95.1 Å². The molecule has 1 heterocycles. The second-order valence-corrected chi connectivity index (χ2v) is 5.74. The number of anilines is 1. The number of carbonyl (C=O) groups is 1. The van der Waals surface area contributed by atoms with Gasteiger partial charge in [-0.1, -0.05) is 11.6 Å². The van der Waals surface area contributed by atoms with E-state index in [-0.39, 0.29) is 11.4 Å². The highest BCUT2D eigenvalue weighted by atomic mass is 35.5. The van der Waals surface area contributed by atoms with Crippen LogP contribution in [0.15, 0.2) is 48.2 Å². The van der Waals surface area contributed by atoms with Gasteiger partial charge in [0.05, 0.1) is 5.69 Å². The van der Waals surface area contributed by atoms with E-state index in [0.717, 1.165) is 0 Å². The zero-order valence-electron chi connectivity index (χ0n) is 13.5. The maximum absolute atomic E-state index is 12.9. The number of carbonyl (C=O) groups excluding carboxylic acids is 1. The molecule has 0 saturated heterocycles. The van der Waals surface area contributed by atoms with Gasteiger partial charge in [0.15, 0.2) is 17.3 Å². The fraction of sp³-hybridized carbons (Fsp3) is 0.105. The van der Waals surface area contributed by atoms with E-state index in [4.69, 9.17) is 31.6 Å². The van der Waals surface area contributed by atoms with Crippen LogP contribution in [0.3, 0.4) is 0 Å². The van der Waals surface area contributed by atoms with Crippen LogP contribution in [-0.4, -0.2) is 19.0 Å². The third-order valence-corrected chi connectivity index (χ3v) is 3.90. The SMILES string of the molecule is N#CC(C#N)=CNc1cc2c(cc1C(=O)c1ccc(Cl)cc1)OCCO2. The lowest BCUT2D eigenvalue weighted by molar-refractivity contribution is 0.103. The van der Waals surface area contributed by atoms with E-state index in [0.29, 0.717) is 46.5 Å². The van der Waals surface area contributed by atoms with E-state index in [1.807, 2.05) is 0 Å². The highest BCUT2D eigenvalue weighted by Crippen LogP contribution is 2.36. The van der Waals surface area contributed by atoms with Gasteiger partial charge in [0, 0.05) is 28.4 Å². The maximum Gasteiger partial charge on any atom is 0.195 e. The molecule has 26 heavy (non-hydrogen) atoms. The first-order valence-corrected chi connectivity index (χ1v) is 8.01. The van der Waals surface area contributed by atoms with E-state index >= 15 is 0 Å². The number of hydrogen-bond acceptors (Lipinski definition) is 6. The van der Waals surface area contributed by atoms with Crippen LogP contribution in [-0.2, 0) is 0 Å². The first-order valence-electron chi connectivity index (χ1n) is 7.63. The second kappa shape index (κ2) is 7.60. The molecule has 2 aromatic carbocycles. The number of halogens is 1. The average molecular weight is 366 g/mol. The lowest BCUT2D eigenvalue weighted by Gasteiger charge is -2.21. The van der Waals surface area contributed by atoms with E-state index in [9.17, 15) is 4.79 Å². The Morgan fingerprint density at radius 3 is 2.31 bits per heavy atom. The highest BCUT2D eigenvalue weighted by molar-refractivity contribution is 6.30. The lowest BCUT2D eigenvalue weighted by Crippen LogP contribution is -2.17. The maximum atomic E-state index is 12.9. The summed E-state index contributed by atoms with van der Waals surface area (Å²) in [5, 5.41) is 21.1. The van der Waals surface area contributed by atoms with Crippen molar-refractivity contribution in [3.8, 4) is 23.6 Å². The van der Waals surface area contributed by atoms with Gasteiger partial charge in [-0.05, 0) is 30.3 Å². The summed E-state index contributed by atoms with van der Waals surface area (Å²) in [7, 11) is 0. The van der Waals surface area contributed by atoms with Gasteiger partial charge < -0.3 is 14.8 Å². The van der Waals surface area contributed by atoms with Crippen molar-refractivity contribution in [2.75, 3.05) is 18.5 Å². The molecular weight excluding hydrogens is 354 g/mol. The smallest absolute Gasteiger partial charge is 0.195 e. The van der Waals surface area contributed by atoms with Crippen LogP contribution in [0.4, 0.5) is 5.69 Å². The number of nitrogens with zero attached hydrogens (tertiary/aromatic N) is 2. The zero-order chi connectivity index (χ0) is 18.5. The van der Waals surface area contributed by atoms with E-state index in [1.54, 1.807) is 48.5 Å². The molecule has 2 aromatic rings. The van der Waals surface area contributed by atoms with Crippen molar-refractivity contribution in [3.63, 3.8) is 0 Å². The molecule has 0 aliphatic carbocycles. The van der Waals surface area contributed by atoms with E-state index in [2.05, 4.69) is 5.32 Å². The summed E-state index contributed by atoms with van der Waals surface area (Å²) in [6, 6.07) is 13.2. The van der Waals surface area contributed by atoms with Crippen LogP contribution in [0.25, 0.3) is 0 Å². The van der Waals surface area contributed by atoms with Gasteiger partial charge in [0.25, 0.3) is 0 Å². The first kappa shape index (κ1) is 17.3. The summed E-state index contributed by atoms with van der Waals surface area (Å²) in [5.41, 5.74) is 1.05. The van der Waals surface area contributed by atoms with Crippen LogP contribution in [0.5, 0.6) is 11.5 Å². The predicted octanol–water partition coefficient (Wildman–Crippen LogP) is 3.69. The fourth-order valence-electron chi connectivity index (χ4n) is 2.39. The molecule has 6 nitrogen and oxygen atoms in total. The highest BCUT2D eigenvalue weighted by Gasteiger charge is 2.20. The molecule has 0 atom stereocenters. The third kappa shape index (κ3) is 3.61. The van der Waals surface area contributed by atoms with Crippen molar-refractivity contribution < 1.29 is 14.3 Å². The Labute approximate surface area is 154 Å². The van der Waals surface area contributed by atoms with Crippen molar-refractivity contribution in [2.45, 2.75) is 0 Å². The molecule has 0 spiro atoms. The van der Waals surface area contributed by atoms with Gasteiger partial charge in [-0.3, -0.25) is 4.79 Å².